The third kappa shape index (κ3) is 8.00. The van der Waals surface area contributed by atoms with Gasteiger partial charge in [0.2, 0.25) is 24.8 Å². The molecule has 0 spiro atoms. The fourth-order valence-electron chi connectivity index (χ4n) is 8.15. The van der Waals surface area contributed by atoms with Crippen LogP contribution in [0.1, 0.15) is 89.2 Å². The summed E-state index contributed by atoms with van der Waals surface area (Å²) < 4.78 is 56.5. The molecule has 0 amide bonds. The molecule has 338 valence electrons. The lowest BCUT2D eigenvalue weighted by Crippen LogP contribution is -2.59. The molecule has 62 heavy (non-hydrogen) atoms. The zero-order chi connectivity index (χ0) is 43.6. The molecule has 6 heterocycles. The third-order valence-corrected chi connectivity index (χ3v) is 12.6. The van der Waals surface area contributed by atoms with Crippen molar-refractivity contribution in [2.75, 3.05) is 0 Å². The maximum atomic E-state index is 12.4. The van der Waals surface area contributed by atoms with Crippen molar-refractivity contribution in [1.82, 2.24) is 0 Å². The highest BCUT2D eigenvalue weighted by atomic mass is 16.8. The van der Waals surface area contributed by atoms with Crippen molar-refractivity contribution >= 4 is 40.0 Å². The molecule has 10 atom stereocenters. The molecule has 8 rings (SSSR count). The van der Waals surface area contributed by atoms with E-state index in [0.717, 1.165) is 6.07 Å². The van der Waals surface area contributed by atoms with Crippen molar-refractivity contribution in [2.24, 2.45) is 11.8 Å². The van der Waals surface area contributed by atoms with E-state index in [1.807, 2.05) is 41.5 Å². The molecule has 2 aromatic carbocycles. The van der Waals surface area contributed by atoms with Gasteiger partial charge >= 0.3 is 23.6 Å². The normalized spacial score (nSPS) is 29.6. The monoisotopic (exact) mass is 872 g/mol. The van der Waals surface area contributed by atoms with E-state index in [9.17, 15) is 34.2 Å². The Morgan fingerprint density at radius 2 is 1.11 bits per heavy atom. The van der Waals surface area contributed by atoms with Crippen LogP contribution in [0.25, 0.3) is 21.9 Å². The van der Waals surface area contributed by atoms with Crippen molar-refractivity contribution in [2.45, 2.75) is 130 Å². The number of aromatic hydroxyl groups is 2. The molecule has 19 heteroatoms. The van der Waals surface area contributed by atoms with Crippen LogP contribution in [0.3, 0.4) is 0 Å². The fourth-order valence-corrected chi connectivity index (χ4v) is 8.15. The van der Waals surface area contributed by atoms with E-state index in [2.05, 4.69) is 0 Å². The molecule has 4 fully saturated rings. The topological polar surface area (TPSA) is 289 Å². The van der Waals surface area contributed by atoms with Gasteiger partial charge in [0.25, 0.3) is 0 Å². The standard InChI is InChI=1S/C23H26O9.C20H22O8.2H2O/c1-6-13(24)15-16(25)12-8-9-14(10(3)17(12)29-20(15)26)28-21-19-18(30-22(27)31-19)11(4)23(5,7-2)32-21;1-5-20(4)10(3)16-17(27-19(23)26-16)18(28-20)24-13-7-6-11-12(21)8-14(22)25-15(11)9(13)2;;/h8-9,11,18-19,21,25H,6-7H2,1-5H3;6-8,10,16-18,21H,5H2,1-4H3;2*1H2/t11?,18?,19?,21?,23-;10?,16?,17?,18?,20-;;/m00../s1. The second-order valence-corrected chi connectivity index (χ2v) is 15.9. The van der Waals surface area contributed by atoms with Gasteiger partial charge in [0.1, 0.15) is 39.7 Å². The minimum atomic E-state index is -0.954. The van der Waals surface area contributed by atoms with Crippen molar-refractivity contribution in [3.63, 3.8) is 0 Å². The van der Waals surface area contributed by atoms with E-state index in [4.69, 9.17) is 46.7 Å². The van der Waals surface area contributed by atoms with Crippen LogP contribution >= 0.6 is 0 Å². The van der Waals surface area contributed by atoms with Gasteiger partial charge in [-0.3, -0.25) is 4.79 Å². The highest BCUT2D eigenvalue weighted by Gasteiger charge is 2.59. The molecule has 8 unspecified atom stereocenters. The minimum absolute atomic E-state index is 0. The second-order valence-electron chi connectivity index (χ2n) is 15.9. The number of rotatable bonds is 8. The molecule has 0 aliphatic carbocycles. The van der Waals surface area contributed by atoms with Gasteiger partial charge in [-0.1, -0.05) is 34.6 Å². The highest BCUT2D eigenvalue weighted by molar-refractivity contribution is 6.03. The lowest BCUT2D eigenvalue weighted by Gasteiger charge is -2.46. The Balaban J connectivity index is 0.000000229. The molecule has 4 aliphatic rings. The SMILES string of the molecule is CCC(=O)c1c(O)c2ccc(OC3O[C@@](C)(CC)C(C)C4OC(=O)OC34)c(C)c2oc1=O.CC[C@]1(C)OC(Oc2ccc3c(O)cc(=O)oc3c2C)C2OC(=O)OC2C1C.O.O. The predicted octanol–water partition coefficient (Wildman–Crippen LogP) is 5.45. The van der Waals surface area contributed by atoms with Gasteiger partial charge in [-0.25, -0.2) is 19.2 Å². The summed E-state index contributed by atoms with van der Waals surface area (Å²) >= 11 is 0. The molecule has 2 aromatic heterocycles. The molecule has 19 nitrogen and oxygen atoms in total. The molecular weight excluding hydrogens is 820 g/mol. The quantitative estimate of drug-likeness (QED) is 0.126. The van der Waals surface area contributed by atoms with Crippen molar-refractivity contribution < 1.29 is 82.3 Å². The molecule has 4 aromatic rings. The Hall–Kier alpha value is -5.89. The van der Waals surface area contributed by atoms with Gasteiger partial charge in [-0.05, 0) is 64.8 Å². The van der Waals surface area contributed by atoms with Gasteiger partial charge in [0.15, 0.2) is 18.0 Å². The molecule has 0 radical (unpaired) electrons. The van der Waals surface area contributed by atoms with E-state index in [0.29, 0.717) is 40.9 Å². The van der Waals surface area contributed by atoms with Crippen LogP contribution in [0.4, 0.5) is 9.59 Å². The van der Waals surface area contributed by atoms with E-state index >= 15 is 0 Å². The summed E-state index contributed by atoms with van der Waals surface area (Å²) in [6, 6.07) is 7.33. The zero-order valence-electron chi connectivity index (χ0n) is 35.6. The van der Waals surface area contributed by atoms with E-state index in [1.54, 1.807) is 39.0 Å². The number of hydrogen-bond donors (Lipinski definition) is 2. The first-order chi connectivity index (χ1) is 28.3. The zero-order valence-corrected chi connectivity index (χ0v) is 35.6. The maximum Gasteiger partial charge on any atom is 0.509 e. The molecule has 0 bridgehead atoms. The first kappa shape index (κ1) is 47.2. The van der Waals surface area contributed by atoms with Gasteiger partial charge in [-0.2, -0.15) is 0 Å². The number of fused-ring (bicyclic) bond motifs is 4. The summed E-state index contributed by atoms with van der Waals surface area (Å²) in [5, 5.41) is 21.1. The van der Waals surface area contributed by atoms with E-state index in [1.165, 1.54) is 6.07 Å². The number of ether oxygens (including phenoxy) is 8. The van der Waals surface area contributed by atoms with Crippen LogP contribution in [0.2, 0.25) is 0 Å². The summed E-state index contributed by atoms with van der Waals surface area (Å²) in [4.78, 5) is 59.6. The highest BCUT2D eigenvalue weighted by Crippen LogP contribution is 2.45. The number of carbonyl (C=O) groups excluding carboxylic acids is 3. The number of aryl methyl sites for hydroxylation is 2. The summed E-state index contributed by atoms with van der Waals surface area (Å²) in [6.07, 6.45) is -4.46. The average molecular weight is 873 g/mol. The number of Topliss-reactive ketones (excluding diaryl/α,β-unsaturated/α-hetero) is 1. The third-order valence-electron chi connectivity index (χ3n) is 12.6. The lowest BCUT2D eigenvalue weighted by atomic mass is 9.79. The Bertz CT molecular complexity index is 2490. The van der Waals surface area contributed by atoms with Crippen molar-refractivity contribution in [1.29, 1.82) is 0 Å². The Morgan fingerprint density at radius 1 is 0.677 bits per heavy atom. The largest absolute Gasteiger partial charge is 0.509 e. The summed E-state index contributed by atoms with van der Waals surface area (Å²) in [5.74, 6) is -0.589. The predicted molar refractivity (Wildman–Crippen MR) is 217 cm³/mol. The number of carbonyl (C=O) groups is 3. The van der Waals surface area contributed by atoms with E-state index < -0.39 is 83.3 Å². The smallest absolute Gasteiger partial charge is 0.507 e. The van der Waals surface area contributed by atoms with Crippen LogP contribution in [-0.2, 0) is 28.4 Å². The van der Waals surface area contributed by atoms with Gasteiger partial charge in [-0.15, -0.1) is 0 Å². The van der Waals surface area contributed by atoms with Gasteiger partial charge in [0.05, 0.1) is 28.0 Å². The first-order valence-electron chi connectivity index (χ1n) is 19.9. The Morgan fingerprint density at radius 3 is 1.56 bits per heavy atom. The summed E-state index contributed by atoms with van der Waals surface area (Å²) in [5.41, 5.74) is -1.88. The van der Waals surface area contributed by atoms with Crippen LogP contribution in [-0.4, -0.2) is 87.5 Å². The van der Waals surface area contributed by atoms with Gasteiger partial charge < -0.3 is 67.9 Å². The molecule has 6 N–H and O–H groups in total. The molecule has 4 saturated heterocycles. The van der Waals surface area contributed by atoms with Gasteiger partial charge in [0, 0.05) is 29.4 Å². The first-order valence-corrected chi connectivity index (χ1v) is 19.9. The summed E-state index contributed by atoms with van der Waals surface area (Å²) in [7, 11) is 0. The minimum Gasteiger partial charge on any atom is -0.507 e. The average Bonchev–Trinajstić information content (AvgIpc) is 3.81. The second kappa shape index (κ2) is 17.5. The van der Waals surface area contributed by atoms with Crippen LogP contribution in [0.5, 0.6) is 23.0 Å². The molecule has 4 aliphatic heterocycles. The van der Waals surface area contributed by atoms with Crippen LogP contribution < -0.4 is 20.7 Å². The number of benzene rings is 2. The molecular formula is C43H52O19. The van der Waals surface area contributed by atoms with E-state index in [-0.39, 0.29) is 57.1 Å². The Kier molecular flexibility index (Phi) is 13.3. The summed E-state index contributed by atoms with van der Waals surface area (Å²) in [6.45, 7) is 16.7. The van der Waals surface area contributed by atoms with Crippen LogP contribution in [0.15, 0.2) is 48.8 Å². The number of ketones is 1. The Labute approximate surface area is 354 Å². The van der Waals surface area contributed by atoms with Crippen LogP contribution in [0, 0.1) is 25.7 Å². The fraction of sp³-hybridized carbons (Fsp3) is 0.512. The lowest BCUT2D eigenvalue weighted by molar-refractivity contribution is -0.267. The number of hydrogen-bond acceptors (Lipinski definition) is 17. The van der Waals surface area contributed by atoms with Crippen molar-refractivity contribution in [3.05, 3.63) is 67.9 Å². The van der Waals surface area contributed by atoms with Crippen molar-refractivity contribution in [3.8, 4) is 23.0 Å². The maximum absolute atomic E-state index is 12.4. The molecule has 0 saturated carbocycles.